The number of likely N-dealkylation sites (tertiary alicyclic amines) is 1. The fraction of sp³-hybridized carbons (Fsp3) is 0.474. The van der Waals surface area contributed by atoms with Crippen molar-refractivity contribution in [2.45, 2.75) is 32.7 Å². The van der Waals surface area contributed by atoms with E-state index in [1.54, 1.807) is 0 Å². The Bertz CT molecular complexity index is 705. The van der Waals surface area contributed by atoms with Crippen LogP contribution < -0.4 is 5.32 Å². The highest BCUT2D eigenvalue weighted by molar-refractivity contribution is 5.92. The van der Waals surface area contributed by atoms with Gasteiger partial charge in [0.15, 0.2) is 0 Å². The fourth-order valence-electron chi connectivity index (χ4n) is 3.27. The van der Waals surface area contributed by atoms with E-state index in [2.05, 4.69) is 26.5 Å². The number of aryl methyl sites for hydroxylation is 1. The van der Waals surface area contributed by atoms with E-state index in [0.717, 1.165) is 49.6 Å². The highest BCUT2D eigenvalue weighted by Gasteiger charge is 2.18. The number of benzene rings is 1. The molecule has 1 aromatic carbocycles. The predicted molar refractivity (Wildman–Crippen MR) is 97.2 cm³/mol. The van der Waals surface area contributed by atoms with Gasteiger partial charge in [0.25, 0.3) is 0 Å². The van der Waals surface area contributed by atoms with Crippen molar-refractivity contribution in [2.75, 3.05) is 25.0 Å². The second-order valence-corrected chi connectivity index (χ2v) is 6.87. The van der Waals surface area contributed by atoms with Crippen LogP contribution in [-0.4, -0.2) is 45.8 Å². The van der Waals surface area contributed by atoms with Gasteiger partial charge in [0.05, 0.1) is 12.1 Å². The van der Waals surface area contributed by atoms with Gasteiger partial charge in [0.2, 0.25) is 5.91 Å². The van der Waals surface area contributed by atoms with Gasteiger partial charge in [0.1, 0.15) is 0 Å². The van der Waals surface area contributed by atoms with Crippen LogP contribution in [0.5, 0.6) is 0 Å². The molecule has 0 radical (unpaired) electrons. The number of nitrogens with one attached hydrogen (secondary N) is 2. The standard InChI is InChI=1S/C19H26N4O2/c1-14-9-18(22-21-14)11-19(25)20-17-4-2-3-16(10-17)12-23-7-5-15(13-24)6-8-23/h2-4,9-10,15,24H,5-8,11-13H2,1H3,(H,20,25)(H,21,22). The molecule has 134 valence electrons. The molecule has 1 amide bonds. The molecule has 25 heavy (non-hydrogen) atoms. The Morgan fingerprint density at radius 3 is 2.84 bits per heavy atom. The van der Waals surface area contributed by atoms with Gasteiger partial charge in [-0.1, -0.05) is 12.1 Å². The second-order valence-electron chi connectivity index (χ2n) is 6.87. The first kappa shape index (κ1) is 17.6. The number of carbonyl (C=O) groups is 1. The maximum Gasteiger partial charge on any atom is 0.230 e. The number of amides is 1. The Balaban J connectivity index is 1.53. The molecule has 0 bridgehead atoms. The highest BCUT2D eigenvalue weighted by atomic mass is 16.3. The summed E-state index contributed by atoms with van der Waals surface area (Å²) >= 11 is 0. The maximum absolute atomic E-state index is 12.2. The molecule has 0 aliphatic carbocycles. The van der Waals surface area contributed by atoms with Crippen molar-refractivity contribution in [3.8, 4) is 0 Å². The first-order chi connectivity index (χ1) is 12.1. The summed E-state index contributed by atoms with van der Waals surface area (Å²) in [5, 5.41) is 19.1. The second kappa shape index (κ2) is 8.27. The SMILES string of the molecule is Cc1cc(CC(=O)Nc2cccc(CN3CCC(CO)CC3)c2)n[nH]1. The molecule has 6 nitrogen and oxygen atoms in total. The average molecular weight is 342 g/mol. The van der Waals surface area contributed by atoms with E-state index < -0.39 is 0 Å². The van der Waals surface area contributed by atoms with Crippen LogP contribution in [0.3, 0.4) is 0 Å². The number of aliphatic hydroxyl groups excluding tert-OH is 1. The minimum absolute atomic E-state index is 0.0626. The summed E-state index contributed by atoms with van der Waals surface area (Å²) in [6.45, 7) is 5.12. The third-order valence-electron chi connectivity index (χ3n) is 4.68. The van der Waals surface area contributed by atoms with E-state index in [-0.39, 0.29) is 12.3 Å². The zero-order valence-electron chi connectivity index (χ0n) is 14.7. The number of aromatic nitrogens is 2. The largest absolute Gasteiger partial charge is 0.396 e. The average Bonchev–Trinajstić information content (AvgIpc) is 3.00. The molecule has 0 spiro atoms. The molecule has 1 aliphatic heterocycles. The molecule has 6 heteroatoms. The Morgan fingerprint density at radius 1 is 1.36 bits per heavy atom. The molecule has 1 fully saturated rings. The zero-order valence-corrected chi connectivity index (χ0v) is 14.7. The lowest BCUT2D eigenvalue weighted by molar-refractivity contribution is -0.115. The van der Waals surface area contributed by atoms with Crippen LogP contribution in [0.25, 0.3) is 0 Å². The quantitative estimate of drug-likeness (QED) is 0.751. The van der Waals surface area contributed by atoms with Crippen molar-refractivity contribution in [3.63, 3.8) is 0 Å². The topological polar surface area (TPSA) is 81.2 Å². The maximum atomic E-state index is 12.2. The van der Waals surface area contributed by atoms with Gasteiger partial charge < -0.3 is 10.4 Å². The predicted octanol–water partition coefficient (Wildman–Crippen LogP) is 2.10. The van der Waals surface area contributed by atoms with Crippen molar-refractivity contribution < 1.29 is 9.90 Å². The number of anilines is 1. The first-order valence-corrected chi connectivity index (χ1v) is 8.85. The van der Waals surface area contributed by atoms with Gasteiger partial charge in [-0.2, -0.15) is 5.10 Å². The highest BCUT2D eigenvalue weighted by Crippen LogP contribution is 2.19. The Labute approximate surface area is 148 Å². The summed E-state index contributed by atoms with van der Waals surface area (Å²) in [4.78, 5) is 14.6. The van der Waals surface area contributed by atoms with Crippen LogP contribution in [0, 0.1) is 12.8 Å². The number of H-pyrrole nitrogens is 1. The summed E-state index contributed by atoms with van der Waals surface area (Å²) < 4.78 is 0. The van der Waals surface area contributed by atoms with Gasteiger partial charge in [-0.25, -0.2) is 0 Å². The van der Waals surface area contributed by atoms with Crippen LogP contribution in [0.2, 0.25) is 0 Å². The number of piperidine rings is 1. The summed E-state index contributed by atoms with van der Waals surface area (Å²) in [6, 6.07) is 9.89. The van der Waals surface area contributed by atoms with Gasteiger partial charge in [0, 0.05) is 24.5 Å². The van der Waals surface area contributed by atoms with E-state index in [4.69, 9.17) is 0 Å². The number of hydrogen-bond acceptors (Lipinski definition) is 4. The molecule has 0 unspecified atom stereocenters. The number of aliphatic hydroxyl groups is 1. The Morgan fingerprint density at radius 2 is 2.16 bits per heavy atom. The van der Waals surface area contributed by atoms with Crippen LogP contribution in [0.4, 0.5) is 5.69 Å². The van der Waals surface area contributed by atoms with Gasteiger partial charge in [-0.15, -0.1) is 0 Å². The van der Waals surface area contributed by atoms with Gasteiger partial charge in [-0.3, -0.25) is 14.8 Å². The minimum Gasteiger partial charge on any atom is -0.396 e. The lowest BCUT2D eigenvalue weighted by atomic mass is 9.97. The van der Waals surface area contributed by atoms with E-state index in [9.17, 15) is 9.90 Å². The summed E-state index contributed by atoms with van der Waals surface area (Å²) in [5.41, 5.74) is 3.71. The van der Waals surface area contributed by atoms with Gasteiger partial charge >= 0.3 is 0 Å². The Hall–Kier alpha value is -2.18. The van der Waals surface area contributed by atoms with Crippen LogP contribution in [-0.2, 0) is 17.8 Å². The fourth-order valence-corrected chi connectivity index (χ4v) is 3.27. The van der Waals surface area contributed by atoms with Crippen molar-refractivity contribution in [3.05, 3.63) is 47.3 Å². The molecule has 2 heterocycles. The number of hydrogen-bond donors (Lipinski definition) is 3. The zero-order chi connectivity index (χ0) is 17.6. The summed E-state index contributed by atoms with van der Waals surface area (Å²) in [5.74, 6) is 0.389. The van der Waals surface area contributed by atoms with E-state index in [1.807, 2.05) is 31.2 Å². The number of nitrogens with zero attached hydrogens (tertiary/aromatic N) is 2. The van der Waals surface area contributed by atoms with Crippen molar-refractivity contribution >= 4 is 11.6 Å². The Kier molecular flexibility index (Phi) is 5.83. The number of rotatable bonds is 6. The molecule has 1 saturated heterocycles. The minimum atomic E-state index is -0.0626. The third kappa shape index (κ3) is 5.14. The molecule has 0 saturated carbocycles. The molecule has 1 aliphatic rings. The van der Waals surface area contributed by atoms with Crippen molar-refractivity contribution in [2.24, 2.45) is 5.92 Å². The summed E-state index contributed by atoms with van der Waals surface area (Å²) in [6.07, 6.45) is 2.37. The smallest absolute Gasteiger partial charge is 0.230 e. The lowest BCUT2D eigenvalue weighted by Gasteiger charge is -2.31. The molecule has 0 atom stereocenters. The molecule has 3 rings (SSSR count). The molecule has 1 aromatic heterocycles. The number of carbonyl (C=O) groups excluding carboxylic acids is 1. The van der Waals surface area contributed by atoms with Crippen molar-refractivity contribution in [1.82, 2.24) is 15.1 Å². The third-order valence-corrected chi connectivity index (χ3v) is 4.68. The number of aromatic amines is 1. The monoisotopic (exact) mass is 342 g/mol. The van der Waals surface area contributed by atoms with Gasteiger partial charge in [-0.05, 0) is 62.5 Å². The normalized spacial score (nSPS) is 16.1. The van der Waals surface area contributed by atoms with Crippen LogP contribution >= 0.6 is 0 Å². The first-order valence-electron chi connectivity index (χ1n) is 8.85. The van der Waals surface area contributed by atoms with E-state index in [0.29, 0.717) is 12.5 Å². The molecule has 3 N–H and O–H groups in total. The van der Waals surface area contributed by atoms with E-state index in [1.165, 1.54) is 5.56 Å². The lowest BCUT2D eigenvalue weighted by Crippen LogP contribution is -2.34. The molecule has 2 aromatic rings. The van der Waals surface area contributed by atoms with Crippen molar-refractivity contribution in [1.29, 1.82) is 0 Å². The molecular formula is C19H26N4O2. The summed E-state index contributed by atoms with van der Waals surface area (Å²) in [7, 11) is 0. The van der Waals surface area contributed by atoms with Crippen LogP contribution in [0.15, 0.2) is 30.3 Å². The molecular weight excluding hydrogens is 316 g/mol. The van der Waals surface area contributed by atoms with Crippen LogP contribution in [0.1, 0.15) is 29.8 Å². The van der Waals surface area contributed by atoms with E-state index >= 15 is 0 Å².